The number of carbonyl (C=O) groups excluding carboxylic acids is 1. The molecule has 1 amide bonds. The molecule has 4 heteroatoms. The zero-order chi connectivity index (χ0) is 18.9. The van der Waals surface area contributed by atoms with E-state index in [-0.39, 0.29) is 11.5 Å². The van der Waals surface area contributed by atoms with Crippen LogP contribution in [0.1, 0.15) is 72.3 Å². The van der Waals surface area contributed by atoms with Crippen molar-refractivity contribution in [3.05, 3.63) is 23.8 Å². The predicted molar refractivity (Wildman–Crippen MR) is 103 cm³/mol. The van der Waals surface area contributed by atoms with Gasteiger partial charge in [0, 0.05) is 13.0 Å². The fourth-order valence-corrected chi connectivity index (χ4v) is 2.54. The number of nitrogens with one attached hydrogen (secondary N) is 1. The minimum atomic E-state index is -0.279. The quantitative estimate of drug-likeness (QED) is 0.598. The molecule has 0 aliphatic carbocycles. The molecule has 0 aliphatic heterocycles. The smallest absolute Gasteiger partial charge is 0.220 e. The Morgan fingerprint density at radius 1 is 1.12 bits per heavy atom. The van der Waals surface area contributed by atoms with Gasteiger partial charge in [0.1, 0.15) is 5.60 Å². The van der Waals surface area contributed by atoms with Gasteiger partial charge in [-0.3, -0.25) is 4.79 Å². The van der Waals surface area contributed by atoms with E-state index < -0.39 is 0 Å². The zero-order valence-corrected chi connectivity index (χ0v) is 16.8. The number of benzene rings is 1. The summed E-state index contributed by atoms with van der Waals surface area (Å²) in [7, 11) is 1.63. The van der Waals surface area contributed by atoms with Gasteiger partial charge in [-0.1, -0.05) is 39.2 Å². The Bertz CT molecular complexity index is 532. The molecule has 0 aromatic heterocycles. The lowest BCUT2D eigenvalue weighted by Crippen LogP contribution is -2.24. The lowest BCUT2D eigenvalue weighted by atomic mass is 10.0. The maximum absolute atomic E-state index is 12.0. The first kappa shape index (κ1) is 21.3. The number of hydrogen-bond acceptors (Lipinski definition) is 3. The molecule has 1 aromatic rings. The van der Waals surface area contributed by atoms with Crippen LogP contribution in [-0.4, -0.2) is 18.6 Å². The van der Waals surface area contributed by atoms with E-state index in [0.717, 1.165) is 30.1 Å². The SMILES string of the molecule is COc1cc(CNC(=O)CCCCCC(C)C)ccc1OC(C)(C)C. The maximum atomic E-state index is 12.0. The summed E-state index contributed by atoms with van der Waals surface area (Å²) in [4.78, 5) is 12.0. The topological polar surface area (TPSA) is 47.6 Å². The van der Waals surface area contributed by atoms with Crippen molar-refractivity contribution in [1.29, 1.82) is 0 Å². The Morgan fingerprint density at radius 3 is 2.44 bits per heavy atom. The van der Waals surface area contributed by atoms with E-state index in [4.69, 9.17) is 9.47 Å². The van der Waals surface area contributed by atoms with Crippen molar-refractivity contribution in [2.75, 3.05) is 7.11 Å². The normalized spacial score (nSPS) is 11.5. The van der Waals surface area contributed by atoms with Gasteiger partial charge < -0.3 is 14.8 Å². The van der Waals surface area contributed by atoms with Crippen LogP contribution in [0.4, 0.5) is 0 Å². The molecule has 0 bridgehead atoms. The number of carbonyl (C=O) groups is 1. The molecule has 4 nitrogen and oxygen atoms in total. The van der Waals surface area contributed by atoms with Crippen LogP contribution >= 0.6 is 0 Å². The highest BCUT2D eigenvalue weighted by Crippen LogP contribution is 2.31. The van der Waals surface area contributed by atoms with Crippen molar-refractivity contribution in [2.24, 2.45) is 5.92 Å². The summed E-state index contributed by atoms with van der Waals surface area (Å²) in [6.07, 6.45) is 5.13. The Balaban J connectivity index is 2.42. The molecule has 0 saturated heterocycles. The number of ether oxygens (including phenoxy) is 2. The fraction of sp³-hybridized carbons (Fsp3) is 0.667. The summed E-state index contributed by atoms with van der Waals surface area (Å²) in [5, 5.41) is 2.98. The molecule has 0 spiro atoms. The Morgan fingerprint density at radius 2 is 1.84 bits per heavy atom. The molecule has 0 aliphatic rings. The molecule has 1 rings (SSSR count). The third kappa shape index (κ3) is 9.37. The molecule has 1 aromatic carbocycles. The van der Waals surface area contributed by atoms with E-state index in [9.17, 15) is 4.79 Å². The van der Waals surface area contributed by atoms with Gasteiger partial charge in [-0.05, 0) is 50.8 Å². The molecule has 0 heterocycles. The van der Waals surface area contributed by atoms with E-state index >= 15 is 0 Å². The van der Waals surface area contributed by atoms with E-state index in [2.05, 4.69) is 19.2 Å². The van der Waals surface area contributed by atoms with Crippen molar-refractivity contribution in [3.8, 4) is 11.5 Å². The van der Waals surface area contributed by atoms with Crippen LogP contribution in [0.2, 0.25) is 0 Å². The number of unbranched alkanes of at least 4 members (excludes halogenated alkanes) is 2. The van der Waals surface area contributed by atoms with Crippen LogP contribution in [0.3, 0.4) is 0 Å². The second-order valence-corrected chi connectivity index (χ2v) is 7.97. The average molecular weight is 350 g/mol. The van der Waals surface area contributed by atoms with Crippen molar-refractivity contribution in [1.82, 2.24) is 5.32 Å². The number of amides is 1. The standard InChI is InChI=1S/C21H35NO3/c1-16(2)10-8-7-9-11-20(23)22-15-17-12-13-18(19(14-17)24-6)25-21(3,4)5/h12-14,16H,7-11,15H2,1-6H3,(H,22,23). The highest BCUT2D eigenvalue weighted by Gasteiger charge is 2.15. The summed E-state index contributed by atoms with van der Waals surface area (Å²) in [5.74, 6) is 2.26. The first-order valence-corrected chi connectivity index (χ1v) is 9.34. The zero-order valence-electron chi connectivity index (χ0n) is 16.8. The largest absolute Gasteiger partial charge is 0.493 e. The molecule has 0 saturated carbocycles. The lowest BCUT2D eigenvalue weighted by molar-refractivity contribution is -0.121. The molecule has 0 fully saturated rings. The van der Waals surface area contributed by atoms with E-state index in [1.165, 1.54) is 12.8 Å². The summed E-state index contributed by atoms with van der Waals surface area (Å²) in [5.41, 5.74) is 0.727. The van der Waals surface area contributed by atoms with Crippen LogP contribution in [0.25, 0.3) is 0 Å². The monoisotopic (exact) mass is 349 g/mol. The van der Waals surface area contributed by atoms with Gasteiger partial charge in [0.15, 0.2) is 11.5 Å². The van der Waals surface area contributed by atoms with Gasteiger partial charge in [0.2, 0.25) is 5.91 Å². The van der Waals surface area contributed by atoms with E-state index in [1.54, 1.807) is 7.11 Å². The van der Waals surface area contributed by atoms with Crippen LogP contribution in [0, 0.1) is 5.92 Å². The Labute approximate surface area is 153 Å². The van der Waals surface area contributed by atoms with E-state index in [1.807, 2.05) is 39.0 Å². The van der Waals surface area contributed by atoms with Gasteiger partial charge in [0.25, 0.3) is 0 Å². The minimum Gasteiger partial charge on any atom is -0.493 e. The number of rotatable bonds is 10. The number of hydrogen-bond donors (Lipinski definition) is 1. The lowest BCUT2D eigenvalue weighted by Gasteiger charge is -2.23. The summed E-state index contributed by atoms with van der Waals surface area (Å²) >= 11 is 0. The first-order chi connectivity index (χ1) is 11.7. The van der Waals surface area contributed by atoms with Gasteiger partial charge in [-0.25, -0.2) is 0 Å². The second kappa shape index (κ2) is 10.3. The molecule has 0 unspecified atom stereocenters. The van der Waals surface area contributed by atoms with Crippen LogP contribution in [0.5, 0.6) is 11.5 Å². The Kier molecular flexibility index (Phi) is 8.81. The molecule has 142 valence electrons. The second-order valence-electron chi connectivity index (χ2n) is 7.97. The number of methoxy groups -OCH3 is 1. The average Bonchev–Trinajstić information content (AvgIpc) is 2.51. The summed E-state index contributed by atoms with van der Waals surface area (Å²) in [6, 6.07) is 5.79. The van der Waals surface area contributed by atoms with Crippen molar-refractivity contribution in [2.45, 2.75) is 78.9 Å². The predicted octanol–water partition coefficient (Wildman–Crippen LogP) is 5.10. The van der Waals surface area contributed by atoms with E-state index in [0.29, 0.717) is 18.7 Å². The van der Waals surface area contributed by atoms with Crippen LogP contribution in [0.15, 0.2) is 18.2 Å². The van der Waals surface area contributed by atoms with Gasteiger partial charge in [-0.15, -0.1) is 0 Å². The van der Waals surface area contributed by atoms with Crippen molar-refractivity contribution < 1.29 is 14.3 Å². The molecule has 25 heavy (non-hydrogen) atoms. The van der Waals surface area contributed by atoms with Gasteiger partial charge in [-0.2, -0.15) is 0 Å². The minimum absolute atomic E-state index is 0.110. The van der Waals surface area contributed by atoms with Crippen molar-refractivity contribution in [3.63, 3.8) is 0 Å². The molecule has 0 radical (unpaired) electrons. The molecule has 0 atom stereocenters. The van der Waals surface area contributed by atoms with Gasteiger partial charge >= 0.3 is 0 Å². The summed E-state index contributed by atoms with van der Waals surface area (Å²) < 4.78 is 11.3. The molecule has 1 N–H and O–H groups in total. The molecular formula is C21H35NO3. The summed E-state index contributed by atoms with van der Waals surface area (Å²) in [6.45, 7) is 11.0. The van der Waals surface area contributed by atoms with Crippen LogP contribution < -0.4 is 14.8 Å². The highest BCUT2D eigenvalue weighted by atomic mass is 16.5. The first-order valence-electron chi connectivity index (χ1n) is 9.34. The van der Waals surface area contributed by atoms with Crippen molar-refractivity contribution >= 4 is 5.91 Å². The Hall–Kier alpha value is -1.71. The maximum Gasteiger partial charge on any atom is 0.220 e. The molecular weight excluding hydrogens is 314 g/mol. The third-order valence-electron chi connectivity index (χ3n) is 3.82. The third-order valence-corrected chi connectivity index (χ3v) is 3.82. The van der Waals surface area contributed by atoms with Crippen LogP contribution in [-0.2, 0) is 11.3 Å². The highest BCUT2D eigenvalue weighted by molar-refractivity contribution is 5.75. The fourth-order valence-electron chi connectivity index (χ4n) is 2.54. The van der Waals surface area contributed by atoms with Gasteiger partial charge in [0.05, 0.1) is 7.11 Å².